The molecule has 3 aliphatic rings. The van der Waals surface area contributed by atoms with Gasteiger partial charge in [0, 0.05) is 44.8 Å². The molecule has 5 rings (SSSR count). The third kappa shape index (κ3) is 4.78. The molecular weight excluding hydrogens is 438 g/mol. The summed E-state index contributed by atoms with van der Waals surface area (Å²) in [5.74, 6) is 0.925. The number of nitrogens with zero attached hydrogens (tertiary/aromatic N) is 3. The number of fused-ring (bicyclic) bond motifs is 2. The van der Waals surface area contributed by atoms with Crippen molar-refractivity contribution in [2.45, 2.75) is 37.1 Å². The van der Waals surface area contributed by atoms with Crippen LogP contribution in [-0.4, -0.2) is 74.3 Å². The monoisotopic (exact) mass is 469 g/mol. The molecule has 33 heavy (non-hydrogen) atoms. The molecule has 7 nitrogen and oxygen atoms in total. The van der Waals surface area contributed by atoms with E-state index in [2.05, 4.69) is 4.90 Å². The minimum absolute atomic E-state index is 0.0419. The van der Waals surface area contributed by atoms with Gasteiger partial charge in [-0.15, -0.1) is 0 Å². The van der Waals surface area contributed by atoms with E-state index in [4.69, 9.17) is 4.74 Å². The van der Waals surface area contributed by atoms with E-state index in [1.54, 1.807) is 11.0 Å². The number of piperazine rings is 1. The summed E-state index contributed by atoms with van der Waals surface area (Å²) < 4.78 is 33.8. The molecule has 8 heteroatoms. The molecule has 0 aromatic heterocycles. The molecule has 1 amide bonds. The van der Waals surface area contributed by atoms with Crippen LogP contribution < -0.4 is 4.74 Å². The van der Waals surface area contributed by atoms with Crippen molar-refractivity contribution in [3.63, 3.8) is 0 Å². The normalized spacial score (nSPS) is 19.8. The Bertz CT molecular complexity index is 1130. The number of benzene rings is 2. The zero-order chi connectivity index (χ0) is 22.8. The van der Waals surface area contributed by atoms with Gasteiger partial charge in [0.15, 0.2) is 0 Å². The Hall–Kier alpha value is -2.42. The van der Waals surface area contributed by atoms with Crippen molar-refractivity contribution in [1.29, 1.82) is 0 Å². The summed E-state index contributed by atoms with van der Waals surface area (Å²) in [5.41, 5.74) is 3.53. The molecule has 0 atom stereocenters. The van der Waals surface area contributed by atoms with Gasteiger partial charge < -0.3 is 9.64 Å². The molecule has 0 saturated carbocycles. The van der Waals surface area contributed by atoms with E-state index in [9.17, 15) is 13.2 Å². The second-order valence-corrected chi connectivity index (χ2v) is 11.0. The van der Waals surface area contributed by atoms with Crippen LogP contribution in [0.3, 0.4) is 0 Å². The summed E-state index contributed by atoms with van der Waals surface area (Å²) in [4.78, 5) is 17.2. The Kier molecular flexibility index (Phi) is 6.40. The summed E-state index contributed by atoms with van der Waals surface area (Å²) >= 11 is 0. The molecule has 0 N–H and O–H groups in total. The topological polar surface area (TPSA) is 70.2 Å². The van der Waals surface area contributed by atoms with Crippen LogP contribution in [0.2, 0.25) is 0 Å². The lowest BCUT2D eigenvalue weighted by molar-refractivity contribution is -0.133. The Labute approximate surface area is 196 Å². The first-order valence-corrected chi connectivity index (χ1v) is 13.3. The molecule has 176 valence electrons. The maximum atomic E-state index is 13.2. The van der Waals surface area contributed by atoms with Crippen LogP contribution in [0.25, 0.3) is 0 Å². The van der Waals surface area contributed by atoms with Crippen LogP contribution in [-0.2, 0) is 34.2 Å². The van der Waals surface area contributed by atoms with Gasteiger partial charge in [-0.3, -0.25) is 9.69 Å². The standard InChI is InChI=1S/C25H31N3O4S/c29-25(19-26-15-16-32-24-8-4-3-7-22(24)18-26)27-11-13-28(14-12-27)33(30,31)23-10-9-20-5-1-2-6-21(20)17-23/h3-4,7-10,17H,1-2,5-6,11-16,18-19H2. The Balaban J connectivity index is 1.19. The number of carbonyl (C=O) groups is 1. The number of carbonyl (C=O) groups excluding carboxylic acids is 1. The van der Waals surface area contributed by atoms with Crippen molar-refractivity contribution < 1.29 is 17.9 Å². The highest BCUT2D eigenvalue weighted by Gasteiger charge is 2.31. The molecule has 2 heterocycles. The number of amides is 1. The fourth-order valence-corrected chi connectivity index (χ4v) is 6.48. The van der Waals surface area contributed by atoms with Crippen LogP contribution in [0.1, 0.15) is 29.5 Å². The molecule has 0 unspecified atom stereocenters. The zero-order valence-electron chi connectivity index (χ0n) is 18.9. The Morgan fingerprint density at radius 2 is 1.64 bits per heavy atom. The van der Waals surface area contributed by atoms with Crippen molar-refractivity contribution in [3.05, 3.63) is 59.2 Å². The first kappa shape index (κ1) is 22.4. The first-order valence-electron chi connectivity index (χ1n) is 11.8. The molecule has 1 saturated heterocycles. The number of ether oxygens (including phenoxy) is 1. The van der Waals surface area contributed by atoms with E-state index in [0.717, 1.165) is 30.6 Å². The molecule has 1 fully saturated rings. The molecule has 2 aliphatic heterocycles. The van der Waals surface area contributed by atoms with E-state index in [1.165, 1.54) is 21.9 Å². The molecule has 2 aromatic carbocycles. The lowest BCUT2D eigenvalue weighted by Gasteiger charge is -2.35. The fraction of sp³-hybridized carbons (Fsp3) is 0.480. The van der Waals surface area contributed by atoms with Gasteiger partial charge in [-0.1, -0.05) is 24.3 Å². The maximum Gasteiger partial charge on any atom is 0.243 e. The van der Waals surface area contributed by atoms with Gasteiger partial charge in [0.2, 0.25) is 15.9 Å². The largest absolute Gasteiger partial charge is 0.492 e. The van der Waals surface area contributed by atoms with Gasteiger partial charge in [0.1, 0.15) is 12.4 Å². The van der Waals surface area contributed by atoms with Gasteiger partial charge in [0.25, 0.3) is 0 Å². The van der Waals surface area contributed by atoms with E-state index >= 15 is 0 Å². The van der Waals surface area contributed by atoms with Gasteiger partial charge in [-0.05, 0) is 55.0 Å². The predicted octanol–water partition coefficient (Wildman–Crippen LogP) is 2.29. The fourth-order valence-electron chi connectivity index (χ4n) is 5.00. The summed E-state index contributed by atoms with van der Waals surface area (Å²) in [7, 11) is -3.54. The minimum Gasteiger partial charge on any atom is -0.492 e. The third-order valence-corrected chi connectivity index (χ3v) is 8.83. The SMILES string of the molecule is O=C(CN1CCOc2ccccc2C1)N1CCN(S(=O)(=O)c2ccc3c(c2)CCCC3)CC1. The molecule has 0 spiro atoms. The molecule has 0 bridgehead atoms. The third-order valence-electron chi connectivity index (χ3n) is 6.94. The number of sulfonamides is 1. The second-order valence-electron chi connectivity index (χ2n) is 9.09. The highest BCUT2D eigenvalue weighted by atomic mass is 32.2. The van der Waals surface area contributed by atoms with E-state index < -0.39 is 10.0 Å². The number of rotatable bonds is 4. The highest BCUT2D eigenvalue weighted by molar-refractivity contribution is 7.89. The van der Waals surface area contributed by atoms with E-state index in [-0.39, 0.29) is 5.91 Å². The van der Waals surface area contributed by atoms with Crippen molar-refractivity contribution in [2.24, 2.45) is 0 Å². The number of para-hydroxylation sites is 1. The van der Waals surface area contributed by atoms with Gasteiger partial charge in [-0.2, -0.15) is 4.31 Å². The maximum absolute atomic E-state index is 13.2. The smallest absolute Gasteiger partial charge is 0.243 e. The number of aryl methyl sites for hydroxylation is 2. The average Bonchev–Trinajstić information content (AvgIpc) is 3.05. The van der Waals surface area contributed by atoms with Gasteiger partial charge in [0.05, 0.1) is 11.4 Å². The quantitative estimate of drug-likeness (QED) is 0.687. The van der Waals surface area contributed by atoms with Crippen molar-refractivity contribution in [3.8, 4) is 5.75 Å². The van der Waals surface area contributed by atoms with Gasteiger partial charge in [-0.25, -0.2) is 8.42 Å². The average molecular weight is 470 g/mol. The summed E-state index contributed by atoms with van der Waals surface area (Å²) in [6.07, 6.45) is 4.27. The summed E-state index contributed by atoms with van der Waals surface area (Å²) in [5, 5.41) is 0. The van der Waals surface area contributed by atoms with E-state index in [1.807, 2.05) is 36.4 Å². The summed E-state index contributed by atoms with van der Waals surface area (Å²) in [6, 6.07) is 13.5. The van der Waals surface area contributed by atoms with E-state index in [0.29, 0.717) is 57.3 Å². The Morgan fingerprint density at radius 1 is 0.879 bits per heavy atom. The van der Waals surface area contributed by atoms with Crippen LogP contribution in [0.4, 0.5) is 0 Å². The lowest BCUT2D eigenvalue weighted by atomic mass is 9.92. The number of hydrogen-bond acceptors (Lipinski definition) is 5. The van der Waals surface area contributed by atoms with Crippen LogP contribution >= 0.6 is 0 Å². The second kappa shape index (κ2) is 9.44. The molecule has 1 aliphatic carbocycles. The predicted molar refractivity (Wildman–Crippen MR) is 126 cm³/mol. The minimum atomic E-state index is -3.54. The zero-order valence-corrected chi connectivity index (χ0v) is 19.7. The summed E-state index contributed by atoms with van der Waals surface area (Å²) in [6.45, 7) is 3.73. The lowest BCUT2D eigenvalue weighted by Crippen LogP contribution is -2.52. The highest BCUT2D eigenvalue weighted by Crippen LogP contribution is 2.26. The van der Waals surface area contributed by atoms with Crippen molar-refractivity contribution >= 4 is 15.9 Å². The van der Waals surface area contributed by atoms with Crippen LogP contribution in [0.5, 0.6) is 5.75 Å². The van der Waals surface area contributed by atoms with Gasteiger partial charge >= 0.3 is 0 Å². The molecular formula is C25H31N3O4S. The van der Waals surface area contributed by atoms with Crippen LogP contribution in [0, 0.1) is 0 Å². The van der Waals surface area contributed by atoms with Crippen LogP contribution in [0.15, 0.2) is 47.4 Å². The first-order chi connectivity index (χ1) is 16.0. The van der Waals surface area contributed by atoms with Crippen molar-refractivity contribution in [1.82, 2.24) is 14.1 Å². The molecule has 0 radical (unpaired) electrons. The molecule has 2 aromatic rings. The van der Waals surface area contributed by atoms with Crippen molar-refractivity contribution in [2.75, 3.05) is 45.9 Å². The Morgan fingerprint density at radius 3 is 2.45 bits per heavy atom. The number of hydrogen-bond donors (Lipinski definition) is 0.